The number of anilines is 1. The molecule has 1 heterocycles. The first-order valence-electron chi connectivity index (χ1n) is 5.92. The fourth-order valence-corrected chi connectivity index (χ4v) is 1.58. The van der Waals surface area contributed by atoms with Gasteiger partial charge in [0, 0.05) is 24.0 Å². The van der Waals surface area contributed by atoms with Crippen molar-refractivity contribution in [2.24, 2.45) is 5.10 Å². The molecule has 9 heteroatoms. The van der Waals surface area contributed by atoms with Crippen molar-refractivity contribution >= 4 is 17.6 Å². The first kappa shape index (κ1) is 15.4. The fourth-order valence-electron chi connectivity index (χ4n) is 1.58. The molecule has 0 spiro atoms. The van der Waals surface area contributed by atoms with Crippen molar-refractivity contribution in [1.82, 2.24) is 4.98 Å². The van der Waals surface area contributed by atoms with Crippen LogP contribution in [0.15, 0.2) is 47.8 Å². The standard InChI is InChI=1S/C13H9F3N4O2/c14-13(15,16)10-3-4-11(12(6-10)20(21)22)19-18-8-9-2-1-5-17-7-9/h1-8,19H/b18-8-. The second-order valence-electron chi connectivity index (χ2n) is 4.14. The molecule has 0 radical (unpaired) electrons. The zero-order valence-corrected chi connectivity index (χ0v) is 10.9. The van der Waals surface area contributed by atoms with Gasteiger partial charge >= 0.3 is 6.18 Å². The van der Waals surface area contributed by atoms with Crippen LogP contribution in [-0.2, 0) is 6.18 Å². The third-order valence-corrected chi connectivity index (χ3v) is 2.60. The van der Waals surface area contributed by atoms with Crippen LogP contribution >= 0.6 is 0 Å². The minimum Gasteiger partial charge on any atom is -0.272 e. The van der Waals surface area contributed by atoms with E-state index in [9.17, 15) is 23.3 Å². The van der Waals surface area contributed by atoms with E-state index in [0.29, 0.717) is 11.6 Å². The number of benzene rings is 1. The Labute approximate surface area is 122 Å². The minimum absolute atomic E-state index is 0.141. The highest BCUT2D eigenvalue weighted by Crippen LogP contribution is 2.34. The van der Waals surface area contributed by atoms with E-state index < -0.39 is 22.4 Å². The molecule has 6 nitrogen and oxygen atoms in total. The van der Waals surface area contributed by atoms with Crippen LogP contribution in [0.1, 0.15) is 11.1 Å². The van der Waals surface area contributed by atoms with Crippen LogP contribution in [0.3, 0.4) is 0 Å². The summed E-state index contributed by atoms with van der Waals surface area (Å²) in [6.07, 6.45) is -0.242. The third kappa shape index (κ3) is 3.78. The summed E-state index contributed by atoms with van der Waals surface area (Å²) in [6, 6.07) is 5.53. The number of nitrogens with one attached hydrogen (secondary N) is 1. The molecule has 0 bridgehead atoms. The van der Waals surface area contributed by atoms with Gasteiger partial charge in [0.1, 0.15) is 5.69 Å². The Morgan fingerprint density at radius 2 is 2.09 bits per heavy atom. The van der Waals surface area contributed by atoms with Gasteiger partial charge in [-0.25, -0.2) is 0 Å². The van der Waals surface area contributed by atoms with Gasteiger partial charge in [0.2, 0.25) is 0 Å². The SMILES string of the molecule is O=[N+]([O-])c1cc(C(F)(F)F)ccc1N/N=C\c1cccnc1. The Balaban J connectivity index is 2.24. The fraction of sp³-hybridized carbons (Fsp3) is 0.0769. The predicted octanol–water partition coefficient (Wildman–Crippen LogP) is 3.45. The Morgan fingerprint density at radius 3 is 2.68 bits per heavy atom. The molecule has 0 aliphatic heterocycles. The van der Waals surface area contributed by atoms with Gasteiger partial charge in [0.25, 0.3) is 5.69 Å². The number of alkyl halides is 3. The predicted molar refractivity (Wildman–Crippen MR) is 73.6 cm³/mol. The normalized spacial score (nSPS) is 11.6. The van der Waals surface area contributed by atoms with Crippen molar-refractivity contribution in [3.63, 3.8) is 0 Å². The summed E-state index contributed by atoms with van der Waals surface area (Å²) in [6.45, 7) is 0. The minimum atomic E-state index is -4.65. The number of halogens is 3. The average Bonchev–Trinajstić information content (AvgIpc) is 2.47. The van der Waals surface area contributed by atoms with Crippen molar-refractivity contribution in [3.8, 4) is 0 Å². The van der Waals surface area contributed by atoms with Crippen molar-refractivity contribution in [2.45, 2.75) is 6.18 Å². The molecular weight excluding hydrogens is 301 g/mol. The molecule has 22 heavy (non-hydrogen) atoms. The number of rotatable bonds is 4. The summed E-state index contributed by atoms with van der Waals surface area (Å²) >= 11 is 0. The van der Waals surface area contributed by atoms with Crippen molar-refractivity contribution in [1.29, 1.82) is 0 Å². The van der Waals surface area contributed by atoms with Gasteiger partial charge < -0.3 is 0 Å². The van der Waals surface area contributed by atoms with Gasteiger partial charge in [-0.2, -0.15) is 18.3 Å². The van der Waals surface area contributed by atoms with E-state index in [2.05, 4.69) is 15.5 Å². The number of hydrogen-bond donors (Lipinski definition) is 1. The van der Waals surface area contributed by atoms with Gasteiger partial charge in [-0.15, -0.1) is 0 Å². The van der Waals surface area contributed by atoms with Gasteiger partial charge in [-0.3, -0.25) is 20.5 Å². The van der Waals surface area contributed by atoms with Crippen molar-refractivity contribution in [2.75, 3.05) is 5.43 Å². The molecule has 0 aliphatic carbocycles. The zero-order valence-electron chi connectivity index (χ0n) is 10.9. The maximum absolute atomic E-state index is 12.6. The van der Waals surface area contributed by atoms with Crippen molar-refractivity contribution in [3.05, 3.63) is 64.0 Å². The van der Waals surface area contributed by atoms with Crippen LogP contribution in [0.4, 0.5) is 24.5 Å². The Bertz CT molecular complexity index is 702. The highest BCUT2D eigenvalue weighted by Gasteiger charge is 2.33. The van der Waals surface area contributed by atoms with Crippen molar-refractivity contribution < 1.29 is 18.1 Å². The summed E-state index contributed by atoms with van der Waals surface area (Å²) < 4.78 is 37.7. The molecule has 1 N–H and O–H groups in total. The molecule has 1 aromatic carbocycles. The van der Waals surface area contributed by atoms with Crippen LogP contribution in [0.5, 0.6) is 0 Å². The summed E-state index contributed by atoms with van der Waals surface area (Å²) in [5, 5.41) is 14.6. The van der Waals surface area contributed by atoms with Crippen LogP contribution < -0.4 is 5.43 Å². The number of nitro benzene ring substituents is 1. The second kappa shape index (κ2) is 6.20. The zero-order chi connectivity index (χ0) is 16.2. The Hall–Kier alpha value is -2.97. The number of hydrogen-bond acceptors (Lipinski definition) is 5. The number of nitro groups is 1. The lowest BCUT2D eigenvalue weighted by Crippen LogP contribution is -2.06. The maximum Gasteiger partial charge on any atom is 0.416 e. The van der Waals surface area contributed by atoms with E-state index in [-0.39, 0.29) is 5.69 Å². The molecule has 0 saturated carbocycles. The molecule has 0 fully saturated rings. The molecule has 1 aromatic heterocycles. The topological polar surface area (TPSA) is 80.4 Å². The number of pyridine rings is 1. The molecule has 2 aromatic rings. The summed E-state index contributed by atoms with van der Waals surface area (Å²) in [4.78, 5) is 13.8. The first-order valence-corrected chi connectivity index (χ1v) is 5.92. The maximum atomic E-state index is 12.6. The molecule has 0 atom stereocenters. The number of nitrogens with zero attached hydrogens (tertiary/aromatic N) is 3. The van der Waals surface area contributed by atoms with Gasteiger partial charge in [-0.05, 0) is 18.2 Å². The van der Waals surface area contributed by atoms with Gasteiger partial charge in [0.15, 0.2) is 0 Å². The summed E-state index contributed by atoms with van der Waals surface area (Å²) in [5.41, 5.74) is 1.04. The monoisotopic (exact) mass is 310 g/mol. The molecule has 0 aliphatic rings. The number of aromatic nitrogens is 1. The average molecular weight is 310 g/mol. The van der Waals surface area contributed by atoms with E-state index in [0.717, 1.165) is 12.1 Å². The van der Waals surface area contributed by atoms with E-state index in [1.54, 1.807) is 18.3 Å². The first-order chi connectivity index (χ1) is 10.4. The largest absolute Gasteiger partial charge is 0.416 e. The van der Waals surface area contributed by atoms with Crippen LogP contribution in [0.25, 0.3) is 0 Å². The Kier molecular flexibility index (Phi) is 4.35. The molecule has 0 unspecified atom stereocenters. The van der Waals surface area contributed by atoms with Gasteiger partial charge in [0.05, 0.1) is 16.7 Å². The smallest absolute Gasteiger partial charge is 0.272 e. The summed E-state index contributed by atoms with van der Waals surface area (Å²) in [5.74, 6) is 0. The van der Waals surface area contributed by atoms with E-state index in [4.69, 9.17) is 0 Å². The number of hydrazone groups is 1. The molecule has 0 amide bonds. The highest BCUT2D eigenvalue weighted by atomic mass is 19.4. The van der Waals surface area contributed by atoms with Gasteiger partial charge in [-0.1, -0.05) is 6.07 Å². The van der Waals surface area contributed by atoms with Crippen LogP contribution in [-0.4, -0.2) is 16.1 Å². The lowest BCUT2D eigenvalue weighted by molar-refractivity contribution is -0.384. The lowest BCUT2D eigenvalue weighted by Gasteiger charge is -2.08. The highest BCUT2D eigenvalue weighted by molar-refractivity contribution is 5.80. The molecule has 2 rings (SSSR count). The molecule has 0 saturated heterocycles. The molecule has 114 valence electrons. The second-order valence-corrected chi connectivity index (χ2v) is 4.14. The van der Waals surface area contributed by atoms with Crippen LogP contribution in [0.2, 0.25) is 0 Å². The lowest BCUT2D eigenvalue weighted by atomic mass is 10.1. The molecular formula is C13H9F3N4O2. The van der Waals surface area contributed by atoms with Crippen LogP contribution in [0, 0.1) is 10.1 Å². The quantitative estimate of drug-likeness (QED) is 0.533. The third-order valence-electron chi connectivity index (χ3n) is 2.60. The Morgan fingerprint density at radius 1 is 1.32 bits per heavy atom. The van der Waals surface area contributed by atoms with E-state index >= 15 is 0 Å². The summed E-state index contributed by atoms with van der Waals surface area (Å²) in [7, 11) is 0. The van der Waals surface area contributed by atoms with E-state index in [1.165, 1.54) is 12.4 Å². The van der Waals surface area contributed by atoms with E-state index in [1.807, 2.05) is 0 Å².